The molecule has 5 N–H and O–H groups in total. The predicted molar refractivity (Wildman–Crippen MR) is 163 cm³/mol. The summed E-state index contributed by atoms with van der Waals surface area (Å²) in [5.41, 5.74) is 12.8. The lowest BCUT2D eigenvalue weighted by molar-refractivity contribution is -0.136. The Morgan fingerprint density at radius 1 is 1.00 bits per heavy atom. The second kappa shape index (κ2) is 13.7. The van der Waals surface area contributed by atoms with Gasteiger partial charge in [0.25, 0.3) is 0 Å². The minimum absolute atomic E-state index is 0.0416. The largest absolute Gasteiger partial charge is 0.370 e. The van der Waals surface area contributed by atoms with Gasteiger partial charge in [0.2, 0.25) is 5.91 Å². The van der Waals surface area contributed by atoms with Crippen molar-refractivity contribution in [2.75, 3.05) is 26.2 Å². The van der Waals surface area contributed by atoms with Gasteiger partial charge in [-0.1, -0.05) is 71.7 Å². The molecule has 3 amide bonds. The Kier molecular flexibility index (Phi) is 10.1. The molecule has 4 rings (SSSR count). The van der Waals surface area contributed by atoms with E-state index in [1.54, 1.807) is 12.1 Å². The third-order valence-electron chi connectivity index (χ3n) is 7.27. The highest BCUT2D eigenvalue weighted by Gasteiger charge is 2.36. The van der Waals surface area contributed by atoms with E-state index in [1.807, 2.05) is 47.1 Å². The van der Waals surface area contributed by atoms with E-state index in [9.17, 15) is 9.59 Å². The zero-order valence-electron chi connectivity index (χ0n) is 22.7. The van der Waals surface area contributed by atoms with Gasteiger partial charge in [-0.2, -0.15) is 0 Å². The Bertz CT molecular complexity index is 1380. The summed E-state index contributed by atoms with van der Waals surface area (Å²) >= 11 is 12.3. The Morgan fingerprint density at radius 2 is 1.77 bits per heavy atom. The fourth-order valence-corrected chi connectivity index (χ4v) is 5.67. The first-order valence-corrected chi connectivity index (χ1v) is 14.3. The summed E-state index contributed by atoms with van der Waals surface area (Å²) in [6.45, 7) is 3.76. The number of nitrogens with zero attached hydrogens (tertiary/aromatic N) is 3. The number of benzene rings is 3. The van der Waals surface area contributed by atoms with Crippen molar-refractivity contribution in [1.29, 1.82) is 0 Å². The highest BCUT2D eigenvalue weighted by molar-refractivity contribution is 6.35. The molecule has 1 aliphatic rings. The van der Waals surface area contributed by atoms with Crippen LogP contribution in [0, 0.1) is 0 Å². The van der Waals surface area contributed by atoms with Gasteiger partial charge >= 0.3 is 6.03 Å². The smallest absolute Gasteiger partial charge is 0.317 e. The molecule has 1 saturated heterocycles. The summed E-state index contributed by atoms with van der Waals surface area (Å²) < 4.78 is 0. The molecule has 0 unspecified atom stereocenters. The van der Waals surface area contributed by atoms with Crippen LogP contribution in [0.5, 0.6) is 0 Å². The molecule has 1 aliphatic heterocycles. The highest BCUT2D eigenvalue weighted by atomic mass is 35.5. The normalized spacial score (nSPS) is 17.1. The van der Waals surface area contributed by atoms with Gasteiger partial charge in [-0.15, -0.1) is 0 Å². The molecular formula is C30H36Cl2N6O2. The molecule has 0 aromatic heterocycles. The van der Waals surface area contributed by atoms with Crippen molar-refractivity contribution in [3.63, 3.8) is 0 Å². The van der Waals surface area contributed by atoms with Crippen molar-refractivity contribution in [2.45, 2.75) is 44.7 Å². The van der Waals surface area contributed by atoms with Crippen LogP contribution >= 0.6 is 23.2 Å². The molecule has 40 heavy (non-hydrogen) atoms. The molecule has 8 nitrogen and oxygen atoms in total. The van der Waals surface area contributed by atoms with Crippen molar-refractivity contribution in [3.05, 3.63) is 81.8 Å². The van der Waals surface area contributed by atoms with E-state index in [2.05, 4.69) is 28.5 Å². The standard InChI is InChI=1S/C30H36Cl2N6O2/c1-20-18-38(30(40)36-14-12-23-10-11-25(31)17-27(23)32)26(7-4-13-35-29(33)34)19-37(20)28(39)16-21-8-9-22-5-2-3-6-24(22)15-21/h2-3,5-6,8-11,15,17,20,26H,4,7,12-14,16,18-19H2,1H3,(H,36,40)(H4,33,34,35)/t20-,26+/m1/s1. The van der Waals surface area contributed by atoms with Gasteiger partial charge in [0.15, 0.2) is 5.96 Å². The molecular weight excluding hydrogens is 547 g/mol. The molecule has 3 aromatic rings. The van der Waals surface area contributed by atoms with Crippen molar-refractivity contribution in [1.82, 2.24) is 15.1 Å². The van der Waals surface area contributed by atoms with Crippen LogP contribution in [0.3, 0.4) is 0 Å². The van der Waals surface area contributed by atoms with Crippen molar-refractivity contribution < 1.29 is 9.59 Å². The van der Waals surface area contributed by atoms with E-state index < -0.39 is 0 Å². The number of amides is 3. The third-order valence-corrected chi connectivity index (χ3v) is 7.85. The summed E-state index contributed by atoms with van der Waals surface area (Å²) in [4.78, 5) is 34.6. The summed E-state index contributed by atoms with van der Waals surface area (Å²) in [5.74, 6) is 0.0920. The molecule has 0 aliphatic carbocycles. The molecule has 0 saturated carbocycles. The molecule has 1 fully saturated rings. The maximum Gasteiger partial charge on any atom is 0.317 e. The van der Waals surface area contributed by atoms with Crippen LogP contribution in [-0.4, -0.2) is 66.0 Å². The van der Waals surface area contributed by atoms with Gasteiger partial charge < -0.3 is 26.6 Å². The number of guanidine groups is 1. The van der Waals surface area contributed by atoms with E-state index >= 15 is 0 Å². The Labute approximate surface area is 245 Å². The van der Waals surface area contributed by atoms with E-state index in [4.69, 9.17) is 34.7 Å². The minimum Gasteiger partial charge on any atom is -0.370 e. The SMILES string of the molecule is C[C@@H]1CN(C(=O)NCCc2ccc(Cl)cc2Cl)[C@@H](CCCN=C(N)N)CN1C(=O)Cc1ccc2ccccc2c1. The lowest BCUT2D eigenvalue weighted by atomic mass is 10.0. The number of halogens is 2. The number of hydrogen-bond donors (Lipinski definition) is 3. The van der Waals surface area contributed by atoms with Crippen LogP contribution in [0.1, 0.15) is 30.9 Å². The quantitative estimate of drug-likeness (QED) is 0.194. The molecule has 0 spiro atoms. The predicted octanol–water partition coefficient (Wildman–Crippen LogP) is 4.60. The molecule has 3 aromatic carbocycles. The average Bonchev–Trinajstić information content (AvgIpc) is 2.92. The average molecular weight is 584 g/mol. The fourth-order valence-electron chi connectivity index (χ4n) is 5.17. The lowest BCUT2D eigenvalue weighted by Crippen LogP contribution is -2.62. The summed E-state index contributed by atoms with van der Waals surface area (Å²) in [6, 6.07) is 19.1. The number of nitrogens with one attached hydrogen (secondary N) is 1. The fraction of sp³-hybridized carbons (Fsp3) is 0.367. The number of fused-ring (bicyclic) bond motifs is 1. The zero-order valence-corrected chi connectivity index (χ0v) is 24.2. The molecule has 10 heteroatoms. The van der Waals surface area contributed by atoms with E-state index in [0.29, 0.717) is 61.9 Å². The Morgan fingerprint density at radius 3 is 2.52 bits per heavy atom. The molecule has 212 valence electrons. The first-order chi connectivity index (χ1) is 19.2. The summed E-state index contributed by atoms with van der Waals surface area (Å²) in [7, 11) is 0. The Balaban J connectivity index is 1.41. The number of piperazine rings is 1. The van der Waals surface area contributed by atoms with Gasteiger partial charge in [-0.3, -0.25) is 9.79 Å². The highest BCUT2D eigenvalue weighted by Crippen LogP contribution is 2.23. The monoisotopic (exact) mass is 582 g/mol. The van der Waals surface area contributed by atoms with Crippen molar-refractivity contribution >= 4 is 51.9 Å². The number of urea groups is 1. The van der Waals surface area contributed by atoms with Gasteiger partial charge in [0, 0.05) is 42.3 Å². The molecule has 0 bridgehead atoms. The molecule has 1 heterocycles. The maximum atomic E-state index is 13.5. The van der Waals surface area contributed by atoms with Gasteiger partial charge in [0.05, 0.1) is 12.5 Å². The van der Waals surface area contributed by atoms with Crippen LogP contribution in [0.2, 0.25) is 10.0 Å². The van der Waals surface area contributed by atoms with Crippen LogP contribution in [-0.2, 0) is 17.6 Å². The maximum absolute atomic E-state index is 13.5. The number of hydrogen-bond acceptors (Lipinski definition) is 3. The van der Waals surface area contributed by atoms with Crippen LogP contribution in [0.4, 0.5) is 4.79 Å². The second-order valence-corrected chi connectivity index (χ2v) is 11.1. The van der Waals surface area contributed by atoms with Gasteiger partial charge in [-0.25, -0.2) is 4.79 Å². The Hall–Kier alpha value is -3.49. The lowest BCUT2D eigenvalue weighted by Gasteiger charge is -2.45. The first kappa shape index (κ1) is 29.5. The van der Waals surface area contributed by atoms with Crippen LogP contribution < -0.4 is 16.8 Å². The third kappa shape index (κ3) is 7.79. The molecule has 2 atom stereocenters. The topological polar surface area (TPSA) is 117 Å². The summed E-state index contributed by atoms with van der Waals surface area (Å²) in [6.07, 6.45) is 2.24. The van der Waals surface area contributed by atoms with E-state index in [1.165, 1.54) is 0 Å². The number of carbonyl (C=O) groups excluding carboxylic acids is 2. The van der Waals surface area contributed by atoms with Crippen LogP contribution in [0.25, 0.3) is 10.8 Å². The van der Waals surface area contributed by atoms with Crippen LogP contribution in [0.15, 0.2) is 65.7 Å². The van der Waals surface area contributed by atoms with Crippen molar-refractivity contribution in [3.8, 4) is 0 Å². The summed E-state index contributed by atoms with van der Waals surface area (Å²) in [5, 5.41) is 6.43. The van der Waals surface area contributed by atoms with Gasteiger partial charge in [0.1, 0.15) is 0 Å². The van der Waals surface area contributed by atoms with Gasteiger partial charge in [-0.05, 0) is 60.2 Å². The van der Waals surface area contributed by atoms with Crippen molar-refractivity contribution in [2.24, 2.45) is 16.5 Å². The van der Waals surface area contributed by atoms with E-state index in [-0.39, 0.29) is 30.0 Å². The first-order valence-electron chi connectivity index (χ1n) is 13.5. The number of nitrogens with two attached hydrogens (primary N) is 2. The zero-order chi connectivity index (χ0) is 28.6. The number of rotatable bonds is 9. The van der Waals surface area contributed by atoms with E-state index in [0.717, 1.165) is 21.9 Å². The molecule has 0 radical (unpaired) electrons. The second-order valence-electron chi connectivity index (χ2n) is 10.2. The number of aliphatic imine (C=N–C) groups is 1. The minimum atomic E-state index is -0.162. The number of carbonyl (C=O) groups is 2.